The minimum absolute atomic E-state index is 0.0449. The van der Waals surface area contributed by atoms with Gasteiger partial charge in [-0.1, -0.05) is 0 Å². The van der Waals surface area contributed by atoms with Gasteiger partial charge in [0, 0.05) is 0 Å². The lowest BCUT2D eigenvalue weighted by Crippen LogP contribution is -2.36. The van der Waals surface area contributed by atoms with Gasteiger partial charge in [-0.15, -0.1) is 0 Å². The summed E-state index contributed by atoms with van der Waals surface area (Å²) in [6.07, 6.45) is -0.112. The van der Waals surface area contributed by atoms with Gasteiger partial charge in [-0.05, 0) is 27.2 Å². The summed E-state index contributed by atoms with van der Waals surface area (Å²) in [7, 11) is 0. The van der Waals surface area contributed by atoms with Crippen molar-refractivity contribution in [2.45, 2.75) is 32.8 Å². The number of carboxylic acid groups (broad SMARTS) is 1. The summed E-state index contributed by atoms with van der Waals surface area (Å²) in [5, 5.41) is 27.4. The normalized spacial score (nSPS) is 14.5. The van der Waals surface area contributed by atoms with Crippen LogP contribution in [0.3, 0.4) is 0 Å². The van der Waals surface area contributed by atoms with E-state index in [9.17, 15) is 14.7 Å². The first-order valence-electron chi connectivity index (χ1n) is 5.24. The molecule has 0 aromatic heterocycles. The van der Waals surface area contributed by atoms with E-state index < -0.39 is 29.4 Å². The summed E-state index contributed by atoms with van der Waals surface area (Å²) in [5.41, 5.74) is -1.22. The molecule has 0 saturated carbocycles. The van der Waals surface area contributed by atoms with E-state index in [1.807, 2.05) is 0 Å². The van der Waals surface area contributed by atoms with Crippen molar-refractivity contribution in [1.82, 2.24) is 0 Å². The highest BCUT2D eigenvalue weighted by Gasteiger charge is 2.38. The molecule has 1 unspecified atom stereocenters. The van der Waals surface area contributed by atoms with Crippen LogP contribution in [0.5, 0.6) is 0 Å². The van der Waals surface area contributed by atoms with E-state index in [2.05, 4.69) is 4.74 Å². The second-order valence-corrected chi connectivity index (χ2v) is 4.32. The number of nitrogens with zero attached hydrogens (tertiary/aromatic N) is 1. The Morgan fingerprint density at radius 1 is 1.47 bits per heavy atom. The van der Waals surface area contributed by atoms with E-state index in [4.69, 9.17) is 10.4 Å². The number of ether oxygens (including phenoxy) is 1. The Bertz CT molecular complexity index is 326. The van der Waals surface area contributed by atoms with Gasteiger partial charge in [0.1, 0.15) is 0 Å². The first-order chi connectivity index (χ1) is 7.72. The van der Waals surface area contributed by atoms with Gasteiger partial charge in [0.2, 0.25) is 0 Å². The van der Waals surface area contributed by atoms with E-state index >= 15 is 0 Å². The van der Waals surface area contributed by atoms with Crippen molar-refractivity contribution >= 4 is 11.9 Å². The fourth-order valence-corrected chi connectivity index (χ4v) is 1.45. The van der Waals surface area contributed by atoms with Gasteiger partial charge in [-0.25, -0.2) is 0 Å². The molecule has 6 nitrogen and oxygen atoms in total. The van der Waals surface area contributed by atoms with E-state index in [-0.39, 0.29) is 13.0 Å². The van der Waals surface area contributed by atoms with Crippen LogP contribution in [0, 0.1) is 23.2 Å². The van der Waals surface area contributed by atoms with Crippen molar-refractivity contribution in [1.29, 1.82) is 5.26 Å². The zero-order valence-electron chi connectivity index (χ0n) is 10.1. The van der Waals surface area contributed by atoms with Crippen molar-refractivity contribution in [2.75, 3.05) is 6.61 Å². The van der Waals surface area contributed by atoms with Crippen LogP contribution in [0.15, 0.2) is 0 Å². The monoisotopic (exact) mass is 243 g/mol. The molecule has 0 rings (SSSR count). The molecule has 0 saturated heterocycles. The minimum atomic E-state index is -1.56. The molecule has 96 valence electrons. The van der Waals surface area contributed by atoms with Crippen LogP contribution in [0.25, 0.3) is 0 Å². The standard InChI is InChI=1S/C11H17NO5/c1-4-17-10(15)8(9(13)14)7(6-12)5-11(2,3)16/h7-8,16H,4-5H2,1-3H3,(H,13,14)/t7-,8?/m1/s1. The Morgan fingerprint density at radius 3 is 2.29 bits per heavy atom. The molecule has 0 aliphatic heterocycles. The number of hydrogen-bond acceptors (Lipinski definition) is 5. The Kier molecular flexibility index (Phi) is 5.62. The van der Waals surface area contributed by atoms with Crippen LogP contribution >= 0.6 is 0 Å². The molecule has 0 aromatic carbocycles. The van der Waals surface area contributed by atoms with Crippen molar-refractivity contribution in [3.05, 3.63) is 0 Å². The molecule has 17 heavy (non-hydrogen) atoms. The molecule has 0 aliphatic carbocycles. The van der Waals surface area contributed by atoms with Crippen LogP contribution in [-0.2, 0) is 14.3 Å². The lowest BCUT2D eigenvalue weighted by Gasteiger charge is -2.23. The molecule has 2 atom stereocenters. The molecular weight excluding hydrogens is 226 g/mol. The van der Waals surface area contributed by atoms with E-state index in [0.29, 0.717) is 0 Å². The van der Waals surface area contributed by atoms with Crippen molar-refractivity contribution in [3.8, 4) is 6.07 Å². The average molecular weight is 243 g/mol. The van der Waals surface area contributed by atoms with Crippen LogP contribution in [0.2, 0.25) is 0 Å². The van der Waals surface area contributed by atoms with Gasteiger partial charge in [0.05, 0.1) is 24.2 Å². The number of aliphatic hydroxyl groups is 1. The van der Waals surface area contributed by atoms with Crippen LogP contribution in [-0.4, -0.2) is 34.4 Å². The number of hydrogen-bond donors (Lipinski definition) is 2. The third kappa shape index (κ3) is 5.31. The molecule has 6 heteroatoms. The Balaban J connectivity index is 4.96. The molecule has 0 fully saturated rings. The van der Waals surface area contributed by atoms with Crippen LogP contribution in [0.4, 0.5) is 0 Å². The highest BCUT2D eigenvalue weighted by atomic mass is 16.5. The maximum Gasteiger partial charge on any atom is 0.321 e. The van der Waals surface area contributed by atoms with Gasteiger partial charge < -0.3 is 14.9 Å². The number of carboxylic acids is 1. The van der Waals surface area contributed by atoms with Crippen molar-refractivity contribution in [2.24, 2.45) is 11.8 Å². The van der Waals surface area contributed by atoms with E-state index in [0.717, 1.165) is 0 Å². The maximum atomic E-state index is 11.4. The van der Waals surface area contributed by atoms with E-state index in [1.165, 1.54) is 13.8 Å². The Hall–Kier alpha value is -1.61. The summed E-state index contributed by atoms with van der Waals surface area (Å²) in [6, 6.07) is 1.74. The van der Waals surface area contributed by atoms with Gasteiger partial charge in [-0.3, -0.25) is 9.59 Å². The molecule has 0 heterocycles. The first kappa shape index (κ1) is 15.4. The zero-order valence-corrected chi connectivity index (χ0v) is 10.1. The third-order valence-corrected chi connectivity index (χ3v) is 2.09. The minimum Gasteiger partial charge on any atom is -0.481 e. The summed E-state index contributed by atoms with van der Waals surface area (Å²) in [5.74, 6) is -5.05. The number of carbonyl (C=O) groups is 2. The second-order valence-electron chi connectivity index (χ2n) is 4.32. The highest BCUT2D eigenvalue weighted by molar-refractivity contribution is 5.94. The van der Waals surface area contributed by atoms with Gasteiger partial charge in [-0.2, -0.15) is 5.26 Å². The Labute approximate surface area is 99.8 Å². The largest absolute Gasteiger partial charge is 0.481 e. The predicted octanol–water partition coefficient (Wildman–Crippen LogP) is 0.551. The molecule has 0 aliphatic rings. The number of esters is 1. The topological polar surface area (TPSA) is 108 Å². The fraction of sp³-hybridized carbons (Fsp3) is 0.727. The summed E-state index contributed by atoms with van der Waals surface area (Å²) < 4.78 is 4.61. The molecule has 0 spiro atoms. The van der Waals surface area contributed by atoms with Crippen LogP contribution in [0.1, 0.15) is 27.2 Å². The maximum absolute atomic E-state index is 11.4. The van der Waals surface area contributed by atoms with Crippen molar-refractivity contribution in [3.63, 3.8) is 0 Å². The molecular formula is C11H17NO5. The fourth-order valence-electron chi connectivity index (χ4n) is 1.45. The third-order valence-electron chi connectivity index (χ3n) is 2.09. The second kappa shape index (κ2) is 6.21. The van der Waals surface area contributed by atoms with Gasteiger partial charge >= 0.3 is 11.9 Å². The molecule has 0 amide bonds. The van der Waals surface area contributed by atoms with E-state index in [1.54, 1.807) is 13.0 Å². The smallest absolute Gasteiger partial charge is 0.321 e. The SMILES string of the molecule is CCOC(=O)C(C(=O)O)[C@@H](C#N)CC(C)(C)O. The van der Waals surface area contributed by atoms with Gasteiger partial charge in [0.25, 0.3) is 0 Å². The number of nitriles is 1. The lowest BCUT2D eigenvalue weighted by molar-refractivity contribution is -0.160. The quantitative estimate of drug-likeness (QED) is 0.521. The van der Waals surface area contributed by atoms with Gasteiger partial charge in [0.15, 0.2) is 5.92 Å². The molecule has 0 bridgehead atoms. The summed E-state index contributed by atoms with van der Waals surface area (Å²) >= 11 is 0. The molecule has 0 radical (unpaired) electrons. The first-order valence-corrected chi connectivity index (χ1v) is 5.24. The van der Waals surface area contributed by atoms with Crippen molar-refractivity contribution < 1.29 is 24.5 Å². The number of carbonyl (C=O) groups excluding carboxylic acids is 1. The number of rotatable bonds is 6. The Morgan fingerprint density at radius 2 is 2.00 bits per heavy atom. The summed E-state index contributed by atoms with van der Waals surface area (Å²) in [6.45, 7) is 4.49. The zero-order chi connectivity index (χ0) is 13.6. The van der Waals surface area contributed by atoms with Crippen LogP contribution < -0.4 is 0 Å². The predicted molar refractivity (Wildman–Crippen MR) is 57.8 cm³/mol. The average Bonchev–Trinajstić information content (AvgIpc) is 2.14. The lowest BCUT2D eigenvalue weighted by atomic mass is 9.84. The molecule has 0 aromatic rings. The number of aliphatic carboxylic acids is 1. The molecule has 2 N–H and O–H groups in total. The highest BCUT2D eigenvalue weighted by Crippen LogP contribution is 2.24. The summed E-state index contributed by atoms with van der Waals surface area (Å²) in [4.78, 5) is 22.4.